The van der Waals surface area contributed by atoms with Gasteiger partial charge in [0.05, 0.1) is 0 Å². The van der Waals surface area contributed by atoms with Crippen LogP contribution in [0.1, 0.15) is 25.3 Å². The summed E-state index contributed by atoms with van der Waals surface area (Å²) in [6.07, 6.45) is 1.95. The molecule has 0 amide bonds. The van der Waals surface area contributed by atoms with Crippen LogP contribution in [0, 0.1) is 5.82 Å². The molecule has 0 bridgehead atoms. The topological polar surface area (TPSA) is 37.8 Å². The zero-order chi connectivity index (χ0) is 13.7. The van der Waals surface area contributed by atoms with E-state index in [0.29, 0.717) is 6.04 Å². The van der Waals surface area contributed by atoms with Gasteiger partial charge in [0.25, 0.3) is 0 Å². The summed E-state index contributed by atoms with van der Waals surface area (Å²) in [5.74, 6) is -0.240. The van der Waals surface area contributed by atoms with Gasteiger partial charge in [0.15, 0.2) is 0 Å². The Labute approximate surface area is 116 Å². The highest BCUT2D eigenvalue weighted by Crippen LogP contribution is 2.24. The van der Waals surface area contributed by atoms with Crippen LogP contribution in [0.15, 0.2) is 24.3 Å². The average molecular weight is 279 g/mol. The molecular formula is C14H18FN3S. The van der Waals surface area contributed by atoms with E-state index in [1.807, 2.05) is 6.07 Å². The maximum Gasteiger partial charge on any atom is 0.147 e. The molecule has 2 rings (SSSR count). The van der Waals surface area contributed by atoms with Crippen molar-refractivity contribution in [3.8, 4) is 10.6 Å². The number of hydrogen-bond donors (Lipinski definition) is 1. The van der Waals surface area contributed by atoms with Crippen LogP contribution in [0.5, 0.6) is 0 Å². The maximum atomic E-state index is 13.1. The van der Waals surface area contributed by atoms with Crippen molar-refractivity contribution in [2.45, 2.75) is 32.7 Å². The Morgan fingerprint density at radius 2 is 2.16 bits per heavy atom. The second-order valence-electron chi connectivity index (χ2n) is 4.72. The number of rotatable bonds is 6. The molecule has 0 unspecified atom stereocenters. The fourth-order valence-corrected chi connectivity index (χ4v) is 2.60. The highest BCUT2D eigenvalue weighted by molar-refractivity contribution is 7.14. The van der Waals surface area contributed by atoms with Crippen molar-refractivity contribution in [2.24, 2.45) is 0 Å². The lowest BCUT2D eigenvalue weighted by Crippen LogP contribution is -2.23. The Morgan fingerprint density at radius 1 is 1.32 bits per heavy atom. The highest BCUT2D eigenvalue weighted by atomic mass is 32.1. The Bertz CT molecular complexity index is 525. The number of aryl methyl sites for hydroxylation is 1. The fraction of sp³-hybridized carbons (Fsp3) is 0.429. The fourth-order valence-electron chi connectivity index (χ4n) is 1.72. The zero-order valence-electron chi connectivity index (χ0n) is 11.2. The molecule has 1 aromatic heterocycles. The summed E-state index contributed by atoms with van der Waals surface area (Å²) in [5, 5.41) is 13.4. The normalized spacial score (nSPS) is 11.2. The lowest BCUT2D eigenvalue weighted by atomic mass is 10.2. The molecule has 0 aliphatic heterocycles. The molecule has 1 aromatic carbocycles. The Balaban J connectivity index is 1.92. The summed E-state index contributed by atoms with van der Waals surface area (Å²) in [4.78, 5) is 0. The summed E-state index contributed by atoms with van der Waals surface area (Å²) in [6, 6.07) is 6.98. The van der Waals surface area contributed by atoms with Gasteiger partial charge >= 0.3 is 0 Å². The quantitative estimate of drug-likeness (QED) is 0.825. The van der Waals surface area contributed by atoms with Gasteiger partial charge in [-0.15, -0.1) is 10.2 Å². The number of hydrogen-bond acceptors (Lipinski definition) is 4. The van der Waals surface area contributed by atoms with Gasteiger partial charge in [0.2, 0.25) is 0 Å². The number of nitrogens with one attached hydrogen (secondary N) is 1. The van der Waals surface area contributed by atoms with E-state index in [1.165, 1.54) is 23.5 Å². The molecule has 0 aliphatic carbocycles. The second-order valence-corrected chi connectivity index (χ2v) is 5.79. The molecular weight excluding hydrogens is 261 g/mol. The summed E-state index contributed by atoms with van der Waals surface area (Å²) in [6.45, 7) is 5.24. The Kier molecular flexibility index (Phi) is 4.99. The molecule has 0 radical (unpaired) electrons. The third-order valence-electron chi connectivity index (χ3n) is 2.66. The van der Waals surface area contributed by atoms with Crippen LogP contribution in [-0.2, 0) is 6.42 Å². The summed E-state index contributed by atoms with van der Waals surface area (Å²) in [5.41, 5.74) is 0.795. The predicted molar refractivity (Wildman–Crippen MR) is 76.8 cm³/mol. The molecule has 2 aromatic rings. The highest BCUT2D eigenvalue weighted by Gasteiger charge is 2.07. The monoisotopic (exact) mass is 279 g/mol. The number of aromatic nitrogens is 2. The third-order valence-corrected chi connectivity index (χ3v) is 3.69. The minimum absolute atomic E-state index is 0.240. The van der Waals surface area contributed by atoms with Crippen molar-refractivity contribution in [1.82, 2.24) is 15.5 Å². The molecule has 0 spiro atoms. The van der Waals surface area contributed by atoms with Crippen LogP contribution in [0.25, 0.3) is 10.6 Å². The maximum absolute atomic E-state index is 13.1. The van der Waals surface area contributed by atoms with Gasteiger partial charge in [-0.2, -0.15) is 0 Å². The summed E-state index contributed by atoms with van der Waals surface area (Å²) < 4.78 is 13.1. The molecule has 0 fully saturated rings. The smallest absolute Gasteiger partial charge is 0.147 e. The van der Waals surface area contributed by atoms with E-state index in [-0.39, 0.29) is 5.82 Å². The molecule has 1 heterocycles. The van der Waals surface area contributed by atoms with Gasteiger partial charge < -0.3 is 5.32 Å². The SMILES string of the molecule is CC(C)NCCCc1nnc(-c2cccc(F)c2)s1. The van der Waals surface area contributed by atoms with Crippen molar-refractivity contribution < 1.29 is 4.39 Å². The van der Waals surface area contributed by atoms with Crippen LogP contribution in [0.4, 0.5) is 4.39 Å². The first-order chi connectivity index (χ1) is 9.15. The zero-order valence-corrected chi connectivity index (χ0v) is 12.0. The van der Waals surface area contributed by atoms with Gasteiger partial charge in [-0.25, -0.2) is 4.39 Å². The molecule has 0 saturated carbocycles. The van der Waals surface area contributed by atoms with E-state index in [0.717, 1.165) is 35.0 Å². The largest absolute Gasteiger partial charge is 0.315 e. The molecule has 19 heavy (non-hydrogen) atoms. The average Bonchev–Trinajstić information content (AvgIpc) is 2.83. The van der Waals surface area contributed by atoms with E-state index in [2.05, 4.69) is 29.4 Å². The lowest BCUT2D eigenvalue weighted by molar-refractivity contribution is 0.569. The van der Waals surface area contributed by atoms with E-state index in [1.54, 1.807) is 6.07 Å². The van der Waals surface area contributed by atoms with Crippen molar-refractivity contribution in [3.63, 3.8) is 0 Å². The third kappa shape index (κ3) is 4.36. The predicted octanol–water partition coefficient (Wildman–Crippen LogP) is 3.27. The summed E-state index contributed by atoms with van der Waals surface area (Å²) >= 11 is 1.54. The second kappa shape index (κ2) is 6.73. The number of nitrogens with zero attached hydrogens (tertiary/aromatic N) is 2. The molecule has 5 heteroatoms. The first-order valence-electron chi connectivity index (χ1n) is 6.47. The lowest BCUT2D eigenvalue weighted by Gasteiger charge is -2.05. The van der Waals surface area contributed by atoms with E-state index in [9.17, 15) is 4.39 Å². The standard InChI is InChI=1S/C14H18FN3S/c1-10(2)16-8-4-7-13-17-18-14(19-13)11-5-3-6-12(15)9-11/h3,5-6,9-10,16H,4,7-8H2,1-2H3. The molecule has 0 saturated heterocycles. The van der Waals surface area contributed by atoms with Crippen LogP contribution in [0.3, 0.4) is 0 Å². The minimum atomic E-state index is -0.240. The Morgan fingerprint density at radius 3 is 2.89 bits per heavy atom. The van der Waals surface area contributed by atoms with Crippen LogP contribution in [-0.4, -0.2) is 22.8 Å². The Hall–Kier alpha value is -1.33. The summed E-state index contributed by atoms with van der Waals surface area (Å²) in [7, 11) is 0. The molecule has 3 nitrogen and oxygen atoms in total. The van der Waals surface area contributed by atoms with Gasteiger partial charge in [-0.1, -0.05) is 37.3 Å². The van der Waals surface area contributed by atoms with Crippen LogP contribution >= 0.6 is 11.3 Å². The first-order valence-corrected chi connectivity index (χ1v) is 7.28. The molecule has 0 aliphatic rings. The first kappa shape index (κ1) is 14.1. The van der Waals surface area contributed by atoms with Crippen LogP contribution < -0.4 is 5.32 Å². The number of benzene rings is 1. The molecule has 1 N–H and O–H groups in total. The van der Waals surface area contributed by atoms with Gasteiger partial charge in [-0.05, 0) is 25.1 Å². The van der Waals surface area contributed by atoms with Gasteiger partial charge in [0.1, 0.15) is 15.8 Å². The minimum Gasteiger partial charge on any atom is -0.315 e. The van der Waals surface area contributed by atoms with Gasteiger partial charge in [0, 0.05) is 18.0 Å². The van der Waals surface area contributed by atoms with Crippen molar-refractivity contribution in [2.75, 3.05) is 6.54 Å². The molecule has 0 atom stereocenters. The number of halogens is 1. The van der Waals surface area contributed by atoms with Crippen molar-refractivity contribution >= 4 is 11.3 Å². The van der Waals surface area contributed by atoms with E-state index < -0.39 is 0 Å². The van der Waals surface area contributed by atoms with Gasteiger partial charge in [-0.3, -0.25) is 0 Å². The van der Waals surface area contributed by atoms with Crippen molar-refractivity contribution in [3.05, 3.63) is 35.1 Å². The van der Waals surface area contributed by atoms with Crippen molar-refractivity contribution in [1.29, 1.82) is 0 Å². The van der Waals surface area contributed by atoms with Crippen LogP contribution in [0.2, 0.25) is 0 Å². The van der Waals surface area contributed by atoms with E-state index >= 15 is 0 Å². The van der Waals surface area contributed by atoms with E-state index in [4.69, 9.17) is 0 Å². The molecule has 102 valence electrons.